The molecular weight excluding hydrogens is 172 g/mol. The van der Waals surface area contributed by atoms with Crippen LogP contribution in [0.25, 0.3) is 0 Å². The predicted octanol–water partition coefficient (Wildman–Crippen LogP) is 2.55. The van der Waals surface area contributed by atoms with E-state index in [2.05, 4.69) is 49.2 Å². The van der Waals surface area contributed by atoms with E-state index in [4.69, 9.17) is 0 Å². The zero-order valence-corrected chi connectivity index (χ0v) is 9.59. The fourth-order valence-electron chi connectivity index (χ4n) is 1.66. The first-order valence-corrected chi connectivity index (χ1v) is 5.57. The van der Waals surface area contributed by atoms with E-state index in [1.165, 1.54) is 18.4 Å². The maximum Gasteiger partial charge on any atom is 0.0220 e. The summed E-state index contributed by atoms with van der Waals surface area (Å²) in [5, 5.41) is 3.50. The normalized spacial score (nSPS) is 11.1. The second-order valence-electron chi connectivity index (χ2n) is 4.00. The van der Waals surface area contributed by atoms with Crippen molar-refractivity contribution in [2.45, 2.75) is 33.2 Å². The number of nitrogens with one attached hydrogen (secondary N) is 1. The molecule has 0 aliphatic carbocycles. The fourth-order valence-corrected chi connectivity index (χ4v) is 1.66. The fraction of sp³-hybridized carbons (Fsp3) is 0.667. The van der Waals surface area contributed by atoms with Crippen molar-refractivity contribution in [2.75, 3.05) is 6.54 Å². The van der Waals surface area contributed by atoms with E-state index in [0.29, 0.717) is 0 Å². The molecule has 1 aromatic heterocycles. The molecule has 2 nitrogen and oxygen atoms in total. The van der Waals surface area contributed by atoms with E-state index >= 15 is 0 Å². The van der Waals surface area contributed by atoms with E-state index in [-0.39, 0.29) is 0 Å². The van der Waals surface area contributed by atoms with Gasteiger partial charge in [0.2, 0.25) is 0 Å². The number of hydrogen-bond donors (Lipinski definition) is 1. The summed E-state index contributed by atoms with van der Waals surface area (Å²) in [6.07, 6.45) is 6.81. The highest BCUT2D eigenvalue weighted by Gasteiger charge is 2.02. The van der Waals surface area contributed by atoms with Crippen molar-refractivity contribution in [3.8, 4) is 0 Å². The highest BCUT2D eigenvalue weighted by Crippen LogP contribution is 2.06. The number of aromatic nitrogens is 1. The van der Waals surface area contributed by atoms with Crippen LogP contribution in [0, 0.1) is 5.92 Å². The number of aryl methyl sites for hydroxylation is 1. The van der Waals surface area contributed by atoms with E-state index in [1.54, 1.807) is 0 Å². The van der Waals surface area contributed by atoms with Gasteiger partial charge in [0.1, 0.15) is 0 Å². The van der Waals surface area contributed by atoms with Crippen LogP contribution in [0.4, 0.5) is 0 Å². The lowest BCUT2D eigenvalue weighted by atomic mass is 10.0. The Morgan fingerprint density at radius 2 is 2.07 bits per heavy atom. The first kappa shape index (κ1) is 11.3. The van der Waals surface area contributed by atoms with Gasteiger partial charge in [-0.05, 0) is 24.1 Å². The van der Waals surface area contributed by atoms with E-state index in [9.17, 15) is 0 Å². The van der Waals surface area contributed by atoms with Crippen LogP contribution in [0.2, 0.25) is 0 Å². The molecule has 0 aliphatic rings. The van der Waals surface area contributed by atoms with E-state index in [1.807, 2.05) is 0 Å². The Labute approximate surface area is 87.3 Å². The van der Waals surface area contributed by atoms with Crippen LogP contribution in [0.1, 0.15) is 32.3 Å². The standard InChI is InChI=1S/C12H22N2/c1-4-11(5-2)8-13-9-12-6-7-14(3)10-12/h6-7,10-11,13H,4-5,8-9H2,1-3H3. The van der Waals surface area contributed by atoms with Gasteiger partial charge >= 0.3 is 0 Å². The van der Waals surface area contributed by atoms with Gasteiger partial charge in [-0.1, -0.05) is 26.7 Å². The summed E-state index contributed by atoms with van der Waals surface area (Å²) in [5.41, 5.74) is 1.37. The second kappa shape index (κ2) is 5.86. The molecule has 1 N–H and O–H groups in total. The number of rotatable bonds is 6. The maximum atomic E-state index is 3.50. The Morgan fingerprint density at radius 3 is 2.57 bits per heavy atom. The highest BCUT2D eigenvalue weighted by atomic mass is 14.9. The molecule has 2 heteroatoms. The van der Waals surface area contributed by atoms with Crippen LogP contribution in [0.5, 0.6) is 0 Å². The van der Waals surface area contributed by atoms with E-state index < -0.39 is 0 Å². The average Bonchev–Trinajstić information content (AvgIpc) is 2.59. The van der Waals surface area contributed by atoms with Crippen molar-refractivity contribution in [2.24, 2.45) is 13.0 Å². The molecule has 14 heavy (non-hydrogen) atoms. The minimum Gasteiger partial charge on any atom is -0.357 e. The molecule has 0 fully saturated rings. The quantitative estimate of drug-likeness (QED) is 0.736. The summed E-state index contributed by atoms with van der Waals surface area (Å²) in [7, 11) is 2.06. The van der Waals surface area contributed by atoms with Crippen molar-refractivity contribution in [3.05, 3.63) is 24.0 Å². The van der Waals surface area contributed by atoms with Crippen LogP contribution < -0.4 is 5.32 Å². The Hall–Kier alpha value is -0.760. The molecule has 1 aromatic rings. The molecular formula is C12H22N2. The van der Waals surface area contributed by atoms with Gasteiger partial charge in [-0.25, -0.2) is 0 Å². The van der Waals surface area contributed by atoms with Crippen molar-refractivity contribution in [3.63, 3.8) is 0 Å². The molecule has 0 aromatic carbocycles. The molecule has 0 atom stereocenters. The van der Waals surface area contributed by atoms with Gasteiger partial charge in [0.05, 0.1) is 0 Å². The van der Waals surface area contributed by atoms with Gasteiger partial charge in [0.25, 0.3) is 0 Å². The molecule has 0 unspecified atom stereocenters. The first-order chi connectivity index (χ1) is 6.76. The van der Waals surface area contributed by atoms with Gasteiger partial charge in [-0.15, -0.1) is 0 Å². The van der Waals surface area contributed by atoms with Crippen molar-refractivity contribution >= 4 is 0 Å². The molecule has 0 spiro atoms. The molecule has 80 valence electrons. The Kier molecular flexibility index (Phi) is 4.74. The van der Waals surface area contributed by atoms with Crippen molar-refractivity contribution < 1.29 is 0 Å². The summed E-state index contributed by atoms with van der Waals surface area (Å²) in [6.45, 7) is 6.66. The van der Waals surface area contributed by atoms with Gasteiger partial charge in [0.15, 0.2) is 0 Å². The largest absolute Gasteiger partial charge is 0.357 e. The average molecular weight is 194 g/mol. The molecule has 0 saturated heterocycles. The summed E-state index contributed by atoms with van der Waals surface area (Å²) >= 11 is 0. The second-order valence-corrected chi connectivity index (χ2v) is 4.00. The lowest BCUT2D eigenvalue weighted by Crippen LogP contribution is -2.21. The highest BCUT2D eigenvalue weighted by molar-refractivity contribution is 5.09. The Morgan fingerprint density at radius 1 is 1.36 bits per heavy atom. The van der Waals surface area contributed by atoms with Crippen LogP contribution >= 0.6 is 0 Å². The maximum absolute atomic E-state index is 3.50. The molecule has 0 amide bonds. The molecule has 1 rings (SSSR count). The van der Waals surface area contributed by atoms with Crippen LogP contribution in [-0.4, -0.2) is 11.1 Å². The number of hydrogen-bond acceptors (Lipinski definition) is 1. The molecule has 0 radical (unpaired) electrons. The smallest absolute Gasteiger partial charge is 0.0220 e. The monoisotopic (exact) mass is 194 g/mol. The van der Waals surface area contributed by atoms with Gasteiger partial charge in [0, 0.05) is 26.0 Å². The molecule has 1 heterocycles. The zero-order chi connectivity index (χ0) is 10.4. The molecule has 0 aliphatic heterocycles. The van der Waals surface area contributed by atoms with Gasteiger partial charge in [-0.2, -0.15) is 0 Å². The van der Waals surface area contributed by atoms with Crippen molar-refractivity contribution in [1.82, 2.24) is 9.88 Å². The van der Waals surface area contributed by atoms with Crippen molar-refractivity contribution in [1.29, 1.82) is 0 Å². The summed E-state index contributed by atoms with van der Waals surface area (Å²) < 4.78 is 2.09. The lowest BCUT2D eigenvalue weighted by Gasteiger charge is -2.12. The van der Waals surface area contributed by atoms with Crippen LogP contribution in [0.3, 0.4) is 0 Å². The third-order valence-electron chi connectivity index (χ3n) is 2.81. The minimum absolute atomic E-state index is 0.832. The summed E-state index contributed by atoms with van der Waals surface area (Å²) in [4.78, 5) is 0. The first-order valence-electron chi connectivity index (χ1n) is 5.57. The molecule has 0 bridgehead atoms. The minimum atomic E-state index is 0.832. The van der Waals surface area contributed by atoms with Crippen LogP contribution in [-0.2, 0) is 13.6 Å². The molecule has 0 saturated carbocycles. The zero-order valence-electron chi connectivity index (χ0n) is 9.59. The van der Waals surface area contributed by atoms with Crippen LogP contribution in [0.15, 0.2) is 18.5 Å². The van der Waals surface area contributed by atoms with E-state index in [0.717, 1.165) is 19.0 Å². The van der Waals surface area contributed by atoms with Gasteiger partial charge in [-0.3, -0.25) is 0 Å². The topological polar surface area (TPSA) is 17.0 Å². The van der Waals surface area contributed by atoms with Gasteiger partial charge < -0.3 is 9.88 Å². The summed E-state index contributed by atoms with van der Waals surface area (Å²) in [6, 6.07) is 2.17. The Bertz CT molecular complexity index is 249. The number of nitrogens with zero attached hydrogens (tertiary/aromatic N) is 1. The lowest BCUT2D eigenvalue weighted by molar-refractivity contribution is 0.449. The summed E-state index contributed by atoms with van der Waals surface area (Å²) in [5.74, 6) is 0.832. The Balaban J connectivity index is 2.21. The third-order valence-corrected chi connectivity index (χ3v) is 2.81. The predicted molar refractivity (Wildman–Crippen MR) is 61.2 cm³/mol. The SMILES string of the molecule is CCC(CC)CNCc1ccn(C)c1. The third kappa shape index (κ3) is 3.54.